The van der Waals surface area contributed by atoms with Crippen molar-refractivity contribution in [2.75, 3.05) is 6.61 Å². The van der Waals surface area contributed by atoms with E-state index in [1.807, 2.05) is 0 Å². The minimum Gasteiger partial charge on any atom is -0.396 e. The van der Waals surface area contributed by atoms with Crippen LogP contribution in [-0.4, -0.2) is 23.7 Å². The minimum atomic E-state index is -2.03. The highest BCUT2D eigenvalue weighted by molar-refractivity contribution is 5.94. The highest BCUT2D eigenvalue weighted by Gasteiger charge is 2.24. The number of carbonyl (C=O) groups is 1. The van der Waals surface area contributed by atoms with Gasteiger partial charge in [0.15, 0.2) is 23.3 Å². The Morgan fingerprint density at radius 3 is 2.42 bits per heavy atom. The van der Waals surface area contributed by atoms with E-state index in [9.17, 15) is 22.4 Å². The van der Waals surface area contributed by atoms with Crippen molar-refractivity contribution in [1.82, 2.24) is 5.32 Å². The number of aliphatic hydroxyl groups is 1. The number of benzene rings is 1. The topological polar surface area (TPSA) is 49.3 Å². The molecule has 1 aromatic carbocycles. The van der Waals surface area contributed by atoms with Crippen molar-refractivity contribution < 1.29 is 27.5 Å². The molecule has 0 saturated carbocycles. The Balaban J connectivity index is 3.00. The molecule has 106 valence electrons. The highest BCUT2D eigenvalue weighted by Crippen LogP contribution is 2.19. The van der Waals surface area contributed by atoms with Gasteiger partial charge in [-0.15, -0.1) is 0 Å². The predicted molar refractivity (Wildman–Crippen MR) is 59.5 cm³/mol. The van der Waals surface area contributed by atoms with E-state index in [4.69, 9.17) is 5.11 Å². The van der Waals surface area contributed by atoms with E-state index in [0.29, 0.717) is 12.5 Å². The SMILES string of the molecule is CCC(CCO)NC(=O)c1cc(F)c(F)c(F)c1F. The Hall–Kier alpha value is -1.63. The molecule has 1 unspecified atom stereocenters. The van der Waals surface area contributed by atoms with Crippen LogP contribution in [0, 0.1) is 23.3 Å². The van der Waals surface area contributed by atoms with Crippen molar-refractivity contribution in [3.63, 3.8) is 0 Å². The van der Waals surface area contributed by atoms with Crippen LogP contribution in [0.25, 0.3) is 0 Å². The van der Waals surface area contributed by atoms with Crippen LogP contribution in [0.4, 0.5) is 17.6 Å². The minimum absolute atomic E-state index is 0.201. The second kappa shape index (κ2) is 6.51. The Morgan fingerprint density at radius 1 is 1.26 bits per heavy atom. The van der Waals surface area contributed by atoms with Gasteiger partial charge in [-0.1, -0.05) is 6.92 Å². The molecule has 3 nitrogen and oxygen atoms in total. The molecular weight excluding hydrogens is 266 g/mol. The second-order valence-corrected chi connectivity index (χ2v) is 3.94. The lowest BCUT2D eigenvalue weighted by Gasteiger charge is -2.16. The highest BCUT2D eigenvalue weighted by atomic mass is 19.2. The predicted octanol–water partition coefficient (Wildman–Crippen LogP) is 2.13. The molecule has 0 aliphatic carbocycles. The van der Waals surface area contributed by atoms with Crippen LogP contribution in [0.5, 0.6) is 0 Å². The summed E-state index contributed by atoms with van der Waals surface area (Å²) in [5.41, 5.74) is -0.909. The largest absolute Gasteiger partial charge is 0.396 e. The average molecular weight is 279 g/mol. The molecule has 1 aromatic rings. The Bertz CT molecular complexity index is 479. The first-order valence-electron chi connectivity index (χ1n) is 5.67. The molecule has 0 radical (unpaired) electrons. The van der Waals surface area contributed by atoms with E-state index in [1.165, 1.54) is 0 Å². The van der Waals surface area contributed by atoms with E-state index in [0.717, 1.165) is 0 Å². The first-order valence-corrected chi connectivity index (χ1v) is 5.67. The van der Waals surface area contributed by atoms with Crippen molar-refractivity contribution in [2.24, 2.45) is 0 Å². The maximum atomic E-state index is 13.3. The number of hydrogen-bond donors (Lipinski definition) is 2. The quantitative estimate of drug-likeness (QED) is 0.493. The molecule has 0 aromatic heterocycles. The molecule has 0 aliphatic rings. The summed E-state index contributed by atoms with van der Waals surface area (Å²) in [5, 5.41) is 11.0. The van der Waals surface area contributed by atoms with Gasteiger partial charge in [0.05, 0.1) is 5.56 Å². The standard InChI is InChI=1S/C12H13F4NO2/c1-2-6(3-4-18)17-12(19)7-5-8(13)10(15)11(16)9(7)14/h5-6,18H,2-4H2,1H3,(H,17,19). The fraction of sp³-hybridized carbons (Fsp3) is 0.417. The van der Waals surface area contributed by atoms with Crippen LogP contribution in [0.3, 0.4) is 0 Å². The first-order chi connectivity index (χ1) is 8.92. The number of nitrogens with one attached hydrogen (secondary N) is 1. The van der Waals surface area contributed by atoms with Gasteiger partial charge in [0.25, 0.3) is 5.91 Å². The van der Waals surface area contributed by atoms with Gasteiger partial charge in [0.2, 0.25) is 0 Å². The monoisotopic (exact) mass is 279 g/mol. The zero-order valence-corrected chi connectivity index (χ0v) is 10.1. The number of rotatable bonds is 5. The molecule has 0 bridgehead atoms. The summed E-state index contributed by atoms with van der Waals surface area (Å²) in [6.45, 7) is 1.51. The van der Waals surface area contributed by atoms with E-state index in [1.54, 1.807) is 6.92 Å². The van der Waals surface area contributed by atoms with Gasteiger partial charge in [-0.2, -0.15) is 0 Å². The summed E-state index contributed by atoms with van der Waals surface area (Å²) >= 11 is 0. The number of hydrogen-bond acceptors (Lipinski definition) is 2. The van der Waals surface area contributed by atoms with E-state index in [-0.39, 0.29) is 13.0 Å². The molecule has 0 saturated heterocycles. The summed E-state index contributed by atoms with van der Waals surface area (Å²) < 4.78 is 52.0. The molecule has 0 heterocycles. The lowest BCUT2D eigenvalue weighted by atomic mass is 10.1. The lowest BCUT2D eigenvalue weighted by molar-refractivity contribution is 0.0923. The van der Waals surface area contributed by atoms with Crippen LogP contribution in [-0.2, 0) is 0 Å². The molecule has 1 atom stereocenters. The fourth-order valence-electron chi connectivity index (χ4n) is 1.54. The van der Waals surface area contributed by atoms with Gasteiger partial charge in [-0.3, -0.25) is 4.79 Å². The molecule has 0 spiro atoms. The van der Waals surface area contributed by atoms with E-state index in [2.05, 4.69) is 5.32 Å². The molecule has 1 amide bonds. The van der Waals surface area contributed by atoms with Crippen molar-refractivity contribution in [2.45, 2.75) is 25.8 Å². The van der Waals surface area contributed by atoms with Crippen molar-refractivity contribution in [3.05, 3.63) is 34.9 Å². The van der Waals surface area contributed by atoms with Crippen LogP contribution < -0.4 is 5.32 Å². The van der Waals surface area contributed by atoms with E-state index < -0.39 is 40.8 Å². The molecule has 19 heavy (non-hydrogen) atoms. The lowest BCUT2D eigenvalue weighted by Crippen LogP contribution is -2.35. The summed E-state index contributed by atoms with van der Waals surface area (Å²) in [7, 11) is 0. The summed E-state index contributed by atoms with van der Waals surface area (Å²) in [6, 6.07) is -0.164. The van der Waals surface area contributed by atoms with Crippen LogP contribution in [0.15, 0.2) is 6.07 Å². The number of amides is 1. The molecule has 0 fully saturated rings. The number of aliphatic hydroxyl groups excluding tert-OH is 1. The van der Waals surface area contributed by atoms with Gasteiger partial charge in [0, 0.05) is 12.6 Å². The molecule has 2 N–H and O–H groups in total. The second-order valence-electron chi connectivity index (χ2n) is 3.94. The van der Waals surface area contributed by atoms with Gasteiger partial charge < -0.3 is 10.4 Å². The smallest absolute Gasteiger partial charge is 0.254 e. The van der Waals surface area contributed by atoms with Crippen LogP contribution in [0.2, 0.25) is 0 Å². The summed E-state index contributed by atoms with van der Waals surface area (Å²) in [5.74, 6) is -8.43. The van der Waals surface area contributed by atoms with Crippen LogP contribution in [0.1, 0.15) is 30.1 Å². The first kappa shape index (κ1) is 15.4. The van der Waals surface area contributed by atoms with Crippen LogP contribution >= 0.6 is 0 Å². The van der Waals surface area contributed by atoms with Crippen molar-refractivity contribution in [1.29, 1.82) is 0 Å². The third-order valence-electron chi connectivity index (χ3n) is 2.65. The zero-order chi connectivity index (χ0) is 14.6. The van der Waals surface area contributed by atoms with Gasteiger partial charge >= 0.3 is 0 Å². The summed E-state index contributed by atoms with van der Waals surface area (Å²) in [6.07, 6.45) is 0.663. The zero-order valence-electron chi connectivity index (χ0n) is 10.1. The number of carbonyl (C=O) groups excluding carboxylic acids is 1. The molecular formula is C12H13F4NO2. The fourth-order valence-corrected chi connectivity index (χ4v) is 1.54. The Labute approximate surface area is 107 Å². The van der Waals surface area contributed by atoms with Crippen molar-refractivity contribution >= 4 is 5.91 Å². The van der Waals surface area contributed by atoms with Gasteiger partial charge in [-0.05, 0) is 18.9 Å². The maximum absolute atomic E-state index is 13.3. The summed E-state index contributed by atoms with van der Waals surface area (Å²) in [4.78, 5) is 11.6. The molecule has 0 aliphatic heterocycles. The van der Waals surface area contributed by atoms with Gasteiger partial charge in [0.1, 0.15) is 0 Å². The van der Waals surface area contributed by atoms with Crippen molar-refractivity contribution in [3.8, 4) is 0 Å². The molecule has 7 heteroatoms. The third kappa shape index (κ3) is 3.44. The maximum Gasteiger partial charge on any atom is 0.254 e. The average Bonchev–Trinajstić information content (AvgIpc) is 2.39. The van der Waals surface area contributed by atoms with E-state index >= 15 is 0 Å². The molecule has 1 rings (SSSR count). The normalized spacial score (nSPS) is 12.3. The Morgan fingerprint density at radius 2 is 1.89 bits per heavy atom. The third-order valence-corrected chi connectivity index (χ3v) is 2.65. The number of halogens is 4. The Kier molecular flexibility index (Phi) is 5.29. The van der Waals surface area contributed by atoms with Gasteiger partial charge in [-0.25, -0.2) is 17.6 Å².